The van der Waals surface area contributed by atoms with E-state index in [1.165, 1.54) is 19.3 Å². The Morgan fingerprint density at radius 1 is 0.714 bits per heavy atom. The quantitative estimate of drug-likeness (QED) is 0.294. The lowest BCUT2D eigenvalue weighted by Gasteiger charge is -2.09. The summed E-state index contributed by atoms with van der Waals surface area (Å²) < 4.78 is 21.8. The van der Waals surface area contributed by atoms with Crippen molar-refractivity contribution in [1.82, 2.24) is 5.32 Å². The third-order valence-corrected chi connectivity index (χ3v) is 4.01. The molecule has 0 rings (SSSR count). The van der Waals surface area contributed by atoms with Crippen molar-refractivity contribution < 1.29 is 23.7 Å². The number of unbranched alkanes of at least 4 members (excludes halogenated alkanes) is 5. The summed E-state index contributed by atoms with van der Waals surface area (Å²) >= 11 is 0. The van der Waals surface area contributed by atoms with E-state index < -0.39 is 0 Å². The van der Waals surface area contributed by atoms with Crippen molar-refractivity contribution in [3.63, 3.8) is 0 Å². The van der Waals surface area contributed by atoms with E-state index in [0.29, 0.717) is 58.0 Å². The van der Waals surface area contributed by atoms with Crippen LogP contribution in [0.15, 0.2) is 0 Å². The minimum atomic E-state index is 0.118. The molecule has 0 atom stereocenters. The van der Waals surface area contributed by atoms with Crippen molar-refractivity contribution in [2.45, 2.75) is 78.7 Å². The summed E-state index contributed by atoms with van der Waals surface area (Å²) in [5.74, 6) is 0.672. The van der Waals surface area contributed by atoms with Crippen LogP contribution in [-0.4, -0.2) is 64.8 Å². The number of carbonyl (C=O) groups is 1. The largest absolute Gasteiger partial charge is 0.379 e. The average molecular weight is 404 g/mol. The van der Waals surface area contributed by atoms with Gasteiger partial charge in [0.25, 0.3) is 0 Å². The summed E-state index contributed by atoms with van der Waals surface area (Å²) in [7, 11) is 0. The monoisotopic (exact) mass is 403 g/mol. The second-order valence-electron chi connectivity index (χ2n) is 7.83. The van der Waals surface area contributed by atoms with Crippen LogP contribution in [0.1, 0.15) is 72.6 Å². The van der Waals surface area contributed by atoms with E-state index in [0.717, 1.165) is 32.5 Å². The van der Waals surface area contributed by atoms with Crippen LogP contribution in [0.5, 0.6) is 0 Å². The molecule has 6 heteroatoms. The first kappa shape index (κ1) is 27.3. The van der Waals surface area contributed by atoms with Crippen molar-refractivity contribution >= 4 is 5.91 Å². The first-order valence-electron chi connectivity index (χ1n) is 11.1. The number of amides is 1. The second-order valence-corrected chi connectivity index (χ2v) is 7.83. The van der Waals surface area contributed by atoms with Crippen molar-refractivity contribution in [2.75, 3.05) is 52.8 Å². The molecule has 0 aliphatic heterocycles. The van der Waals surface area contributed by atoms with Crippen LogP contribution >= 0.6 is 0 Å². The highest BCUT2D eigenvalue weighted by molar-refractivity contribution is 5.75. The fourth-order valence-corrected chi connectivity index (χ4v) is 2.52. The maximum Gasteiger partial charge on any atom is 0.220 e. The van der Waals surface area contributed by atoms with Gasteiger partial charge < -0.3 is 24.3 Å². The van der Waals surface area contributed by atoms with Crippen molar-refractivity contribution in [3.8, 4) is 0 Å². The van der Waals surface area contributed by atoms with E-state index in [9.17, 15) is 4.79 Å². The van der Waals surface area contributed by atoms with E-state index >= 15 is 0 Å². The zero-order valence-corrected chi connectivity index (χ0v) is 18.8. The van der Waals surface area contributed by atoms with Gasteiger partial charge in [0.05, 0.1) is 39.1 Å². The van der Waals surface area contributed by atoms with E-state index in [1.54, 1.807) is 0 Å². The molecular formula is C22H45NO5. The van der Waals surface area contributed by atoms with Gasteiger partial charge in [0.2, 0.25) is 5.91 Å². The van der Waals surface area contributed by atoms with Gasteiger partial charge in [-0.3, -0.25) is 4.79 Å². The smallest absolute Gasteiger partial charge is 0.220 e. The number of carbonyl (C=O) groups excluding carboxylic acids is 1. The van der Waals surface area contributed by atoms with Crippen molar-refractivity contribution in [1.29, 1.82) is 0 Å². The summed E-state index contributed by atoms with van der Waals surface area (Å²) in [4.78, 5) is 11.7. The summed E-state index contributed by atoms with van der Waals surface area (Å²) in [5, 5.41) is 2.90. The number of hydrogen-bond donors (Lipinski definition) is 1. The Kier molecular flexibility index (Phi) is 20.5. The minimum Gasteiger partial charge on any atom is -0.379 e. The fourth-order valence-electron chi connectivity index (χ4n) is 2.52. The zero-order valence-electron chi connectivity index (χ0n) is 18.8. The van der Waals surface area contributed by atoms with Crippen LogP contribution < -0.4 is 5.32 Å². The van der Waals surface area contributed by atoms with Gasteiger partial charge in [0.15, 0.2) is 0 Å². The Labute approximate surface area is 173 Å². The second kappa shape index (κ2) is 21.0. The van der Waals surface area contributed by atoms with Crippen molar-refractivity contribution in [3.05, 3.63) is 0 Å². The molecule has 1 N–H and O–H groups in total. The maximum absolute atomic E-state index is 11.7. The standard InChI is InChI=1S/C22H45NO5/c1-20(2)19-27-18-17-26-16-15-25-14-12-23-22(24)11-9-7-5-6-8-10-13-28-21(3)4/h20-21H,5-19H2,1-4H3,(H,23,24). The van der Waals surface area contributed by atoms with Gasteiger partial charge in [-0.1, -0.05) is 39.5 Å². The molecule has 0 unspecified atom stereocenters. The Morgan fingerprint density at radius 2 is 1.29 bits per heavy atom. The molecule has 6 nitrogen and oxygen atoms in total. The van der Waals surface area contributed by atoms with E-state index in [2.05, 4.69) is 33.0 Å². The average Bonchev–Trinajstić information content (AvgIpc) is 2.64. The third-order valence-electron chi connectivity index (χ3n) is 4.01. The summed E-state index contributed by atoms with van der Waals surface area (Å²) in [6.45, 7) is 13.4. The van der Waals surface area contributed by atoms with Gasteiger partial charge in [0, 0.05) is 26.2 Å². The lowest BCUT2D eigenvalue weighted by atomic mass is 10.1. The summed E-state index contributed by atoms with van der Waals surface area (Å²) in [6.07, 6.45) is 7.78. The number of hydrogen-bond acceptors (Lipinski definition) is 5. The van der Waals surface area contributed by atoms with Gasteiger partial charge in [-0.2, -0.15) is 0 Å². The zero-order chi connectivity index (χ0) is 20.9. The Balaban J connectivity index is 3.17. The highest BCUT2D eigenvalue weighted by Gasteiger charge is 2.01. The Bertz CT molecular complexity index is 337. The SMILES string of the molecule is CC(C)COCCOCCOCCNC(=O)CCCCCCCCOC(C)C. The maximum atomic E-state index is 11.7. The number of rotatable bonds is 21. The fraction of sp³-hybridized carbons (Fsp3) is 0.955. The minimum absolute atomic E-state index is 0.118. The highest BCUT2D eigenvalue weighted by Crippen LogP contribution is 2.07. The topological polar surface area (TPSA) is 66.0 Å². The van der Waals surface area contributed by atoms with E-state index in [4.69, 9.17) is 18.9 Å². The molecular weight excluding hydrogens is 358 g/mol. The molecule has 0 saturated carbocycles. The normalized spacial score (nSPS) is 11.5. The van der Waals surface area contributed by atoms with E-state index in [-0.39, 0.29) is 5.91 Å². The predicted octanol–water partition coefficient (Wildman–Crippen LogP) is 3.96. The molecule has 0 saturated heterocycles. The molecule has 0 fully saturated rings. The molecule has 168 valence electrons. The number of ether oxygens (including phenoxy) is 4. The molecule has 0 spiro atoms. The van der Waals surface area contributed by atoms with Crippen LogP contribution in [0.3, 0.4) is 0 Å². The van der Waals surface area contributed by atoms with Gasteiger partial charge in [0.1, 0.15) is 0 Å². The van der Waals surface area contributed by atoms with Crippen molar-refractivity contribution in [2.24, 2.45) is 5.92 Å². The first-order valence-corrected chi connectivity index (χ1v) is 11.1. The van der Waals surface area contributed by atoms with Crippen LogP contribution in [0, 0.1) is 5.92 Å². The van der Waals surface area contributed by atoms with Gasteiger partial charge in [-0.05, 0) is 32.6 Å². The molecule has 0 aliphatic rings. The summed E-state index contributed by atoms with van der Waals surface area (Å²) in [6, 6.07) is 0. The molecule has 0 aliphatic carbocycles. The Hall–Kier alpha value is -0.690. The lowest BCUT2D eigenvalue weighted by Crippen LogP contribution is -2.27. The molecule has 1 amide bonds. The lowest BCUT2D eigenvalue weighted by molar-refractivity contribution is -0.121. The molecule has 0 bridgehead atoms. The molecule has 28 heavy (non-hydrogen) atoms. The first-order chi connectivity index (χ1) is 13.5. The van der Waals surface area contributed by atoms with Crippen LogP contribution in [0.25, 0.3) is 0 Å². The van der Waals surface area contributed by atoms with Gasteiger partial charge in [-0.15, -0.1) is 0 Å². The highest BCUT2D eigenvalue weighted by atomic mass is 16.5. The molecule has 0 aromatic heterocycles. The number of nitrogens with one attached hydrogen (secondary N) is 1. The van der Waals surface area contributed by atoms with Crippen LogP contribution in [0.4, 0.5) is 0 Å². The summed E-state index contributed by atoms with van der Waals surface area (Å²) in [5.41, 5.74) is 0. The van der Waals surface area contributed by atoms with Gasteiger partial charge >= 0.3 is 0 Å². The molecule has 0 aromatic rings. The molecule has 0 aromatic carbocycles. The van der Waals surface area contributed by atoms with E-state index in [1.807, 2.05) is 0 Å². The molecule has 0 radical (unpaired) electrons. The van der Waals surface area contributed by atoms with Crippen LogP contribution in [-0.2, 0) is 23.7 Å². The molecule has 0 heterocycles. The van der Waals surface area contributed by atoms with Gasteiger partial charge in [-0.25, -0.2) is 0 Å². The van der Waals surface area contributed by atoms with Crippen LogP contribution in [0.2, 0.25) is 0 Å². The predicted molar refractivity (Wildman–Crippen MR) is 114 cm³/mol. The third kappa shape index (κ3) is 23.3. The Morgan fingerprint density at radius 3 is 1.93 bits per heavy atom.